The van der Waals surface area contributed by atoms with Crippen LogP contribution in [0.5, 0.6) is 0 Å². The van der Waals surface area contributed by atoms with Crippen LogP contribution in [0.3, 0.4) is 0 Å². The van der Waals surface area contributed by atoms with E-state index in [2.05, 4.69) is 37.4 Å². The van der Waals surface area contributed by atoms with Gasteiger partial charge >= 0.3 is 0 Å². The van der Waals surface area contributed by atoms with Crippen molar-refractivity contribution in [2.75, 3.05) is 11.9 Å². The molecule has 0 fully saturated rings. The molecule has 0 bridgehead atoms. The van der Waals surface area contributed by atoms with Crippen molar-refractivity contribution in [2.45, 2.75) is 26.7 Å². The summed E-state index contributed by atoms with van der Waals surface area (Å²) in [5.41, 5.74) is 4.32. The summed E-state index contributed by atoms with van der Waals surface area (Å²) in [6, 6.07) is 6.83. The lowest BCUT2D eigenvalue weighted by molar-refractivity contribution is 0.647. The highest BCUT2D eigenvalue weighted by Gasteiger charge is 2.09. The SMILES string of the molecule is CC(C)Cc1ccc2c(c1)CCN2. The van der Waals surface area contributed by atoms with Gasteiger partial charge in [-0.1, -0.05) is 26.0 Å². The zero-order valence-corrected chi connectivity index (χ0v) is 8.43. The molecule has 0 radical (unpaired) electrons. The van der Waals surface area contributed by atoms with Gasteiger partial charge in [-0.15, -0.1) is 0 Å². The Morgan fingerprint density at radius 3 is 3.00 bits per heavy atom. The molecule has 2 rings (SSSR count). The summed E-state index contributed by atoms with van der Waals surface area (Å²) in [4.78, 5) is 0. The van der Waals surface area contributed by atoms with Crippen LogP contribution < -0.4 is 5.32 Å². The van der Waals surface area contributed by atoms with E-state index in [9.17, 15) is 0 Å². The molecule has 70 valence electrons. The van der Waals surface area contributed by atoms with E-state index >= 15 is 0 Å². The fourth-order valence-corrected chi connectivity index (χ4v) is 1.96. The highest BCUT2D eigenvalue weighted by molar-refractivity contribution is 5.56. The van der Waals surface area contributed by atoms with E-state index in [0.717, 1.165) is 12.5 Å². The van der Waals surface area contributed by atoms with Crippen LogP contribution in [0.4, 0.5) is 5.69 Å². The quantitative estimate of drug-likeness (QED) is 0.728. The lowest BCUT2D eigenvalue weighted by atomic mass is 10.0. The van der Waals surface area contributed by atoms with E-state index < -0.39 is 0 Å². The van der Waals surface area contributed by atoms with Crippen LogP contribution in [0.2, 0.25) is 0 Å². The van der Waals surface area contributed by atoms with Gasteiger partial charge in [0.05, 0.1) is 0 Å². The van der Waals surface area contributed by atoms with Crippen LogP contribution in [0.1, 0.15) is 25.0 Å². The topological polar surface area (TPSA) is 12.0 Å². The second-order valence-electron chi connectivity index (χ2n) is 4.27. The average Bonchev–Trinajstić information content (AvgIpc) is 2.49. The van der Waals surface area contributed by atoms with Gasteiger partial charge in [-0.05, 0) is 36.0 Å². The van der Waals surface area contributed by atoms with Gasteiger partial charge in [-0.2, -0.15) is 0 Å². The molecule has 1 heterocycles. The molecule has 1 nitrogen and oxygen atoms in total. The van der Waals surface area contributed by atoms with Gasteiger partial charge in [0.15, 0.2) is 0 Å². The molecule has 1 heteroatoms. The third-order valence-electron chi connectivity index (χ3n) is 2.52. The van der Waals surface area contributed by atoms with E-state index in [1.807, 2.05) is 0 Å². The van der Waals surface area contributed by atoms with Crippen molar-refractivity contribution in [2.24, 2.45) is 5.92 Å². The zero-order valence-electron chi connectivity index (χ0n) is 8.43. The molecule has 1 aliphatic rings. The Morgan fingerprint density at radius 1 is 1.38 bits per heavy atom. The summed E-state index contributed by atoms with van der Waals surface area (Å²) in [7, 11) is 0. The van der Waals surface area contributed by atoms with E-state index in [-0.39, 0.29) is 0 Å². The third kappa shape index (κ3) is 1.85. The van der Waals surface area contributed by atoms with Crippen LogP contribution >= 0.6 is 0 Å². The second-order valence-corrected chi connectivity index (χ2v) is 4.27. The summed E-state index contributed by atoms with van der Waals surface area (Å²) in [5, 5.41) is 3.38. The standard InChI is InChI=1S/C12H17N/c1-9(2)7-10-3-4-12-11(8-10)5-6-13-12/h3-4,8-9,13H,5-7H2,1-2H3. The molecule has 1 N–H and O–H groups in total. The van der Waals surface area contributed by atoms with E-state index in [1.165, 1.54) is 29.7 Å². The molecule has 13 heavy (non-hydrogen) atoms. The van der Waals surface area contributed by atoms with Crippen molar-refractivity contribution in [3.8, 4) is 0 Å². The summed E-state index contributed by atoms with van der Waals surface area (Å²) in [6.45, 7) is 5.65. The predicted octanol–water partition coefficient (Wildman–Crippen LogP) is 2.85. The number of anilines is 1. The summed E-state index contributed by atoms with van der Waals surface area (Å²) in [5.74, 6) is 0.757. The number of fused-ring (bicyclic) bond motifs is 1. The summed E-state index contributed by atoms with van der Waals surface area (Å²) >= 11 is 0. The highest BCUT2D eigenvalue weighted by atomic mass is 14.9. The maximum Gasteiger partial charge on any atom is 0.0373 e. The second kappa shape index (κ2) is 3.41. The van der Waals surface area contributed by atoms with Crippen LogP contribution in [0.25, 0.3) is 0 Å². The van der Waals surface area contributed by atoms with Gasteiger partial charge in [0.1, 0.15) is 0 Å². The smallest absolute Gasteiger partial charge is 0.0373 e. The first-order valence-electron chi connectivity index (χ1n) is 5.11. The Labute approximate surface area is 80.2 Å². The fraction of sp³-hybridized carbons (Fsp3) is 0.500. The third-order valence-corrected chi connectivity index (χ3v) is 2.52. The first-order chi connectivity index (χ1) is 6.25. The number of hydrogen-bond acceptors (Lipinski definition) is 1. The maximum atomic E-state index is 3.38. The van der Waals surface area contributed by atoms with E-state index in [4.69, 9.17) is 0 Å². The molecule has 0 saturated carbocycles. The van der Waals surface area contributed by atoms with Gasteiger partial charge in [0.2, 0.25) is 0 Å². The van der Waals surface area contributed by atoms with Crippen molar-refractivity contribution < 1.29 is 0 Å². The minimum atomic E-state index is 0.757. The zero-order chi connectivity index (χ0) is 9.26. The van der Waals surface area contributed by atoms with Crippen LogP contribution in [-0.2, 0) is 12.8 Å². The lowest BCUT2D eigenvalue weighted by Gasteiger charge is -2.06. The molecule has 1 aliphatic heterocycles. The van der Waals surface area contributed by atoms with Gasteiger partial charge in [-0.3, -0.25) is 0 Å². The van der Waals surface area contributed by atoms with Crippen molar-refractivity contribution >= 4 is 5.69 Å². The Morgan fingerprint density at radius 2 is 2.23 bits per heavy atom. The van der Waals surface area contributed by atoms with Crippen LogP contribution in [0, 0.1) is 5.92 Å². The molecule has 1 aromatic carbocycles. The Balaban J connectivity index is 2.21. The molecule has 0 spiro atoms. The Hall–Kier alpha value is -0.980. The van der Waals surface area contributed by atoms with Crippen LogP contribution in [0.15, 0.2) is 18.2 Å². The summed E-state index contributed by atoms with van der Waals surface area (Å²) in [6.07, 6.45) is 2.40. The van der Waals surface area contributed by atoms with Gasteiger partial charge in [0.25, 0.3) is 0 Å². The van der Waals surface area contributed by atoms with Gasteiger partial charge in [-0.25, -0.2) is 0 Å². The number of hydrogen-bond donors (Lipinski definition) is 1. The largest absolute Gasteiger partial charge is 0.384 e. The first-order valence-corrected chi connectivity index (χ1v) is 5.11. The molecule has 0 aromatic heterocycles. The Bertz CT molecular complexity index is 302. The molecule has 1 aromatic rings. The number of benzene rings is 1. The van der Waals surface area contributed by atoms with E-state index in [0.29, 0.717) is 0 Å². The molecular weight excluding hydrogens is 158 g/mol. The van der Waals surface area contributed by atoms with Gasteiger partial charge in [0, 0.05) is 12.2 Å². The molecule has 0 saturated heterocycles. The fourth-order valence-electron chi connectivity index (χ4n) is 1.96. The van der Waals surface area contributed by atoms with E-state index in [1.54, 1.807) is 0 Å². The first kappa shape index (κ1) is 8.61. The van der Waals surface area contributed by atoms with Crippen molar-refractivity contribution in [3.05, 3.63) is 29.3 Å². The predicted molar refractivity (Wildman–Crippen MR) is 57.2 cm³/mol. The number of nitrogens with one attached hydrogen (secondary N) is 1. The maximum absolute atomic E-state index is 3.38. The monoisotopic (exact) mass is 175 g/mol. The minimum absolute atomic E-state index is 0.757. The molecular formula is C12H17N. The Kier molecular flexibility index (Phi) is 2.26. The molecule has 0 amide bonds. The number of rotatable bonds is 2. The van der Waals surface area contributed by atoms with Crippen molar-refractivity contribution in [1.29, 1.82) is 0 Å². The van der Waals surface area contributed by atoms with Crippen LogP contribution in [-0.4, -0.2) is 6.54 Å². The van der Waals surface area contributed by atoms with Crippen molar-refractivity contribution in [3.63, 3.8) is 0 Å². The summed E-state index contributed by atoms with van der Waals surface area (Å²) < 4.78 is 0. The lowest BCUT2D eigenvalue weighted by Crippen LogP contribution is -1.94. The normalized spacial score (nSPS) is 14.4. The van der Waals surface area contributed by atoms with Gasteiger partial charge < -0.3 is 5.32 Å². The molecule has 0 unspecified atom stereocenters. The molecule has 0 aliphatic carbocycles. The average molecular weight is 175 g/mol. The molecule has 0 atom stereocenters. The highest BCUT2D eigenvalue weighted by Crippen LogP contribution is 2.23. The van der Waals surface area contributed by atoms with Crippen molar-refractivity contribution in [1.82, 2.24) is 0 Å². The minimum Gasteiger partial charge on any atom is -0.384 e.